The molecular formula is C10H23NOS. The smallest absolute Gasteiger partial charge is 0.0470 e. The lowest BCUT2D eigenvalue weighted by molar-refractivity contribution is 0.200. The summed E-state index contributed by atoms with van der Waals surface area (Å²) in [7, 11) is 1.76. The van der Waals surface area contributed by atoms with Crippen LogP contribution in [0.15, 0.2) is 0 Å². The molecule has 0 spiro atoms. The molecule has 0 aliphatic rings. The zero-order chi connectivity index (χ0) is 9.78. The van der Waals surface area contributed by atoms with Crippen LogP contribution in [-0.4, -0.2) is 38.3 Å². The maximum Gasteiger partial charge on any atom is 0.0470 e. The lowest BCUT2D eigenvalue weighted by atomic mass is 10.4. The van der Waals surface area contributed by atoms with Crippen molar-refractivity contribution in [1.82, 2.24) is 5.32 Å². The fourth-order valence-electron chi connectivity index (χ4n) is 1.01. The molecule has 0 aliphatic heterocycles. The minimum atomic E-state index is 0.904. The molecule has 3 heteroatoms. The molecule has 0 radical (unpaired) electrons. The Morgan fingerprint density at radius 2 is 1.92 bits per heavy atom. The fraction of sp³-hybridized carbons (Fsp3) is 1.00. The molecule has 0 bridgehead atoms. The van der Waals surface area contributed by atoms with Crippen molar-refractivity contribution >= 4 is 11.8 Å². The van der Waals surface area contributed by atoms with Crippen molar-refractivity contribution in [3.8, 4) is 0 Å². The van der Waals surface area contributed by atoms with E-state index in [1.165, 1.54) is 37.3 Å². The maximum atomic E-state index is 4.98. The third-order valence-electron chi connectivity index (χ3n) is 1.71. The highest BCUT2D eigenvalue weighted by Gasteiger charge is 1.90. The molecule has 0 fully saturated rings. The van der Waals surface area contributed by atoms with Crippen LogP contribution in [0.5, 0.6) is 0 Å². The molecule has 0 saturated heterocycles. The first-order valence-corrected chi connectivity index (χ1v) is 6.34. The predicted molar refractivity (Wildman–Crippen MR) is 61.6 cm³/mol. The van der Waals surface area contributed by atoms with E-state index in [2.05, 4.69) is 12.2 Å². The topological polar surface area (TPSA) is 21.3 Å². The van der Waals surface area contributed by atoms with E-state index < -0.39 is 0 Å². The molecule has 0 aromatic rings. The molecule has 13 heavy (non-hydrogen) atoms. The zero-order valence-corrected chi connectivity index (χ0v) is 9.79. The normalized spacial score (nSPS) is 10.6. The molecule has 0 amide bonds. The standard InChI is InChI=1S/C10H23NOS/c1-3-6-11-7-4-9-13-10-5-8-12-2/h11H,3-10H2,1-2H3. The van der Waals surface area contributed by atoms with Gasteiger partial charge < -0.3 is 10.1 Å². The van der Waals surface area contributed by atoms with Crippen molar-refractivity contribution < 1.29 is 4.74 Å². The summed E-state index contributed by atoms with van der Waals surface area (Å²) in [6, 6.07) is 0. The van der Waals surface area contributed by atoms with E-state index in [9.17, 15) is 0 Å². The van der Waals surface area contributed by atoms with Gasteiger partial charge in [-0.15, -0.1) is 0 Å². The third-order valence-corrected chi connectivity index (χ3v) is 2.86. The second-order valence-corrected chi connectivity index (χ2v) is 4.29. The quantitative estimate of drug-likeness (QED) is 0.552. The van der Waals surface area contributed by atoms with Crippen LogP contribution in [0.3, 0.4) is 0 Å². The zero-order valence-electron chi connectivity index (χ0n) is 8.97. The number of ether oxygens (including phenoxy) is 1. The van der Waals surface area contributed by atoms with Crippen molar-refractivity contribution in [2.45, 2.75) is 26.2 Å². The first-order valence-electron chi connectivity index (χ1n) is 5.19. The van der Waals surface area contributed by atoms with Gasteiger partial charge in [0.2, 0.25) is 0 Å². The Labute approximate surface area is 86.8 Å². The van der Waals surface area contributed by atoms with Gasteiger partial charge >= 0.3 is 0 Å². The maximum absolute atomic E-state index is 4.98. The van der Waals surface area contributed by atoms with Crippen LogP contribution in [0, 0.1) is 0 Å². The second kappa shape index (κ2) is 12.3. The number of hydrogen-bond acceptors (Lipinski definition) is 3. The minimum absolute atomic E-state index is 0.904. The van der Waals surface area contributed by atoms with Crippen LogP contribution in [0.25, 0.3) is 0 Å². The molecule has 0 rings (SSSR count). The summed E-state index contributed by atoms with van der Waals surface area (Å²) in [5.74, 6) is 2.52. The number of hydrogen-bond donors (Lipinski definition) is 1. The number of thioether (sulfide) groups is 1. The molecule has 0 saturated carbocycles. The summed E-state index contributed by atoms with van der Waals surface area (Å²) >= 11 is 2.03. The van der Waals surface area contributed by atoms with E-state index in [0.717, 1.165) is 13.2 Å². The highest BCUT2D eigenvalue weighted by molar-refractivity contribution is 7.99. The van der Waals surface area contributed by atoms with E-state index in [0.29, 0.717) is 0 Å². The summed E-state index contributed by atoms with van der Waals surface area (Å²) < 4.78 is 4.98. The molecule has 2 nitrogen and oxygen atoms in total. The van der Waals surface area contributed by atoms with Crippen LogP contribution in [0.2, 0.25) is 0 Å². The van der Waals surface area contributed by atoms with Crippen LogP contribution in [-0.2, 0) is 4.74 Å². The fourth-order valence-corrected chi connectivity index (χ4v) is 1.88. The molecule has 0 aliphatic carbocycles. The van der Waals surface area contributed by atoms with E-state index in [1.807, 2.05) is 11.8 Å². The number of methoxy groups -OCH3 is 1. The van der Waals surface area contributed by atoms with Gasteiger partial charge in [0.15, 0.2) is 0 Å². The molecule has 0 aromatic heterocycles. The molecule has 0 atom stereocenters. The monoisotopic (exact) mass is 205 g/mol. The Bertz CT molecular complexity index is 81.0. The first-order chi connectivity index (χ1) is 6.41. The van der Waals surface area contributed by atoms with Crippen LogP contribution in [0.1, 0.15) is 26.2 Å². The van der Waals surface area contributed by atoms with Crippen LogP contribution in [0.4, 0.5) is 0 Å². The SMILES string of the molecule is CCCNCCCSCCCOC. The van der Waals surface area contributed by atoms with Crippen molar-refractivity contribution in [2.24, 2.45) is 0 Å². The van der Waals surface area contributed by atoms with Gasteiger partial charge in [-0.25, -0.2) is 0 Å². The van der Waals surface area contributed by atoms with E-state index >= 15 is 0 Å². The van der Waals surface area contributed by atoms with Crippen molar-refractivity contribution in [3.05, 3.63) is 0 Å². The first kappa shape index (κ1) is 13.3. The Morgan fingerprint density at radius 3 is 2.62 bits per heavy atom. The second-order valence-electron chi connectivity index (χ2n) is 3.06. The summed E-state index contributed by atoms with van der Waals surface area (Å²) in [4.78, 5) is 0. The van der Waals surface area contributed by atoms with Gasteiger partial charge in [0.25, 0.3) is 0 Å². The van der Waals surface area contributed by atoms with Crippen LogP contribution >= 0.6 is 11.8 Å². The molecular weight excluding hydrogens is 182 g/mol. The molecule has 0 aromatic carbocycles. The van der Waals surface area contributed by atoms with Crippen molar-refractivity contribution in [1.29, 1.82) is 0 Å². The van der Waals surface area contributed by atoms with Gasteiger partial charge in [0.1, 0.15) is 0 Å². The Hall–Kier alpha value is 0.270. The Balaban J connectivity index is 2.76. The number of nitrogens with one attached hydrogen (secondary N) is 1. The van der Waals surface area contributed by atoms with Gasteiger partial charge in [-0.3, -0.25) is 0 Å². The minimum Gasteiger partial charge on any atom is -0.385 e. The highest BCUT2D eigenvalue weighted by Crippen LogP contribution is 2.03. The number of rotatable bonds is 10. The lowest BCUT2D eigenvalue weighted by Gasteiger charge is -2.02. The Morgan fingerprint density at radius 1 is 1.15 bits per heavy atom. The van der Waals surface area contributed by atoms with Crippen LogP contribution < -0.4 is 5.32 Å². The molecule has 80 valence electrons. The van der Waals surface area contributed by atoms with Gasteiger partial charge in [-0.2, -0.15) is 11.8 Å². The molecule has 0 unspecified atom stereocenters. The van der Waals surface area contributed by atoms with E-state index in [1.54, 1.807) is 7.11 Å². The summed E-state index contributed by atoms with van der Waals surface area (Å²) in [5.41, 5.74) is 0. The Kier molecular flexibility index (Phi) is 12.5. The van der Waals surface area contributed by atoms with Gasteiger partial charge in [-0.1, -0.05) is 6.92 Å². The third kappa shape index (κ3) is 12.3. The largest absolute Gasteiger partial charge is 0.385 e. The van der Waals surface area contributed by atoms with E-state index in [-0.39, 0.29) is 0 Å². The predicted octanol–water partition coefficient (Wildman–Crippen LogP) is 2.15. The average molecular weight is 205 g/mol. The summed E-state index contributed by atoms with van der Waals surface area (Å²) in [6.45, 7) is 5.44. The van der Waals surface area contributed by atoms with Crippen molar-refractivity contribution in [2.75, 3.05) is 38.3 Å². The molecule has 0 heterocycles. The highest BCUT2D eigenvalue weighted by atomic mass is 32.2. The van der Waals surface area contributed by atoms with Crippen molar-refractivity contribution in [3.63, 3.8) is 0 Å². The summed E-state index contributed by atoms with van der Waals surface area (Å²) in [6.07, 6.45) is 3.71. The van der Waals surface area contributed by atoms with Gasteiger partial charge in [0, 0.05) is 13.7 Å². The summed E-state index contributed by atoms with van der Waals surface area (Å²) in [5, 5.41) is 3.40. The molecule has 1 N–H and O–H groups in total. The lowest BCUT2D eigenvalue weighted by Crippen LogP contribution is -2.16. The van der Waals surface area contributed by atoms with E-state index in [4.69, 9.17) is 4.74 Å². The van der Waals surface area contributed by atoms with Gasteiger partial charge in [-0.05, 0) is 43.9 Å². The average Bonchev–Trinajstić information content (AvgIpc) is 2.16. The van der Waals surface area contributed by atoms with Gasteiger partial charge in [0.05, 0.1) is 0 Å².